The molecule has 3 rings (SSSR count). The SMILES string of the molecule is CCCn1c(SC(C#N)Cc2ccc(C)cc2)nnc1-c1ccncc1. The summed E-state index contributed by atoms with van der Waals surface area (Å²) in [5.41, 5.74) is 3.37. The number of pyridine rings is 1. The van der Waals surface area contributed by atoms with E-state index in [2.05, 4.69) is 63.9 Å². The number of rotatable bonds is 7. The van der Waals surface area contributed by atoms with Crippen LogP contribution in [0.2, 0.25) is 0 Å². The van der Waals surface area contributed by atoms with Crippen molar-refractivity contribution in [1.29, 1.82) is 5.26 Å². The molecular formula is C20H21N5S. The Morgan fingerprint density at radius 3 is 2.50 bits per heavy atom. The summed E-state index contributed by atoms with van der Waals surface area (Å²) in [5.74, 6) is 0.823. The Bertz CT molecular complexity index is 881. The van der Waals surface area contributed by atoms with Crippen LogP contribution in [-0.2, 0) is 13.0 Å². The van der Waals surface area contributed by atoms with Gasteiger partial charge in [-0.3, -0.25) is 4.98 Å². The van der Waals surface area contributed by atoms with E-state index in [1.165, 1.54) is 17.3 Å². The summed E-state index contributed by atoms with van der Waals surface area (Å²) in [7, 11) is 0. The van der Waals surface area contributed by atoms with E-state index in [1.54, 1.807) is 12.4 Å². The van der Waals surface area contributed by atoms with Crippen LogP contribution in [0.25, 0.3) is 11.4 Å². The van der Waals surface area contributed by atoms with Gasteiger partial charge in [0.2, 0.25) is 0 Å². The van der Waals surface area contributed by atoms with Gasteiger partial charge >= 0.3 is 0 Å². The number of nitrogens with zero attached hydrogens (tertiary/aromatic N) is 5. The maximum Gasteiger partial charge on any atom is 0.192 e. The first kappa shape index (κ1) is 18.2. The highest BCUT2D eigenvalue weighted by molar-refractivity contribution is 8.00. The molecule has 0 saturated carbocycles. The van der Waals surface area contributed by atoms with Crippen LogP contribution in [-0.4, -0.2) is 25.0 Å². The Kier molecular flexibility index (Phi) is 6.03. The third-order valence-corrected chi connectivity index (χ3v) is 5.11. The van der Waals surface area contributed by atoms with Gasteiger partial charge in [0.05, 0.1) is 6.07 Å². The molecule has 1 aromatic carbocycles. The van der Waals surface area contributed by atoms with Crippen molar-refractivity contribution in [2.45, 2.75) is 43.6 Å². The average Bonchev–Trinajstić information content (AvgIpc) is 3.06. The second kappa shape index (κ2) is 8.63. The lowest BCUT2D eigenvalue weighted by Gasteiger charge is -2.12. The summed E-state index contributed by atoms with van der Waals surface area (Å²) in [6, 6.07) is 14.6. The summed E-state index contributed by atoms with van der Waals surface area (Å²) >= 11 is 1.48. The fourth-order valence-electron chi connectivity index (χ4n) is 2.69. The predicted molar refractivity (Wildman–Crippen MR) is 104 cm³/mol. The molecule has 0 spiro atoms. The molecule has 2 aromatic heterocycles. The van der Waals surface area contributed by atoms with E-state index in [1.807, 2.05) is 12.1 Å². The Morgan fingerprint density at radius 1 is 1.12 bits per heavy atom. The first-order valence-electron chi connectivity index (χ1n) is 8.66. The lowest BCUT2D eigenvalue weighted by atomic mass is 10.1. The van der Waals surface area contributed by atoms with Gasteiger partial charge < -0.3 is 4.57 Å². The van der Waals surface area contributed by atoms with Gasteiger partial charge in [-0.05, 0) is 37.5 Å². The van der Waals surface area contributed by atoms with Crippen LogP contribution in [0.4, 0.5) is 0 Å². The second-order valence-corrected chi connectivity index (χ2v) is 7.29. The molecule has 0 aliphatic rings. The van der Waals surface area contributed by atoms with Gasteiger partial charge in [0.1, 0.15) is 5.25 Å². The van der Waals surface area contributed by atoms with Crippen LogP contribution in [0.3, 0.4) is 0 Å². The number of benzene rings is 1. The van der Waals surface area contributed by atoms with Crippen molar-refractivity contribution in [3.63, 3.8) is 0 Å². The lowest BCUT2D eigenvalue weighted by Crippen LogP contribution is -2.08. The molecule has 0 amide bonds. The van der Waals surface area contributed by atoms with Crippen LogP contribution < -0.4 is 0 Å². The standard InChI is InChI=1S/C20H21N5S/c1-3-12-25-19(17-8-10-22-11-9-17)23-24-20(25)26-18(14-21)13-16-6-4-15(2)5-7-16/h4-11,18H,3,12-13H2,1-2H3. The number of hydrogen-bond donors (Lipinski definition) is 0. The fourth-order valence-corrected chi connectivity index (χ4v) is 3.67. The minimum Gasteiger partial charge on any atom is -0.302 e. The third kappa shape index (κ3) is 4.30. The van der Waals surface area contributed by atoms with E-state index in [-0.39, 0.29) is 5.25 Å². The van der Waals surface area contributed by atoms with Gasteiger partial charge in [-0.1, -0.05) is 48.5 Å². The van der Waals surface area contributed by atoms with Gasteiger partial charge in [0.15, 0.2) is 11.0 Å². The maximum absolute atomic E-state index is 9.61. The predicted octanol–water partition coefficient (Wildman–Crippen LogP) is 4.29. The molecule has 0 bridgehead atoms. The zero-order valence-corrected chi connectivity index (χ0v) is 15.8. The molecule has 0 N–H and O–H groups in total. The van der Waals surface area contributed by atoms with Crippen LogP contribution in [0.15, 0.2) is 53.9 Å². The van der Waals surface area contributed by atoms with Gasteiger partial charge in [-0.25, -0.2) is 0 Å². The van der Waals surface area contributed by atoms with Crippen molar-refractivity contribution < 1.29 is 0 Å². The smallest absolute Gasteiger partial charge is 0.192 e. The number of aryl methyl sites for hydroxylation is 1. The molecule has 1 unspecified atom stereocenters. The zero-order chi connectivity index (χ0) is 18.4. The summed E-state index contributed by atoms with van der Waals surface area (Å²) < 4.78 is 2.10. The van der Waals surface area contributed by atoms with Crippen molar-refractivity contribution >= 4 is 11.8 Å². The van der Waals surface area contributed by atoms with E-state index >= 15 is 0 Å². The molecule has 0 saturated heterocycles. The monoisotopic (exact) mass is 363 g/mol. The highest BCUT2D eigenvalue weighted by Crippen LogP contribution is 2.28. The van der Waals surface area contributed by atoms with Gasteiger partial charge in [0, 0.05) is 24.5 Å². The third-order valence-electron chi connectivity index (χ3n) is 4.04. The van der Waals surface area contributed by atoms with Crippen molar-refractivity contribution in [1.82, 2.24) is 19.7 Å². The molecule has 0 radical (unpaired) electrons. The summed E-state index contributed by atoms with van der Waals surface area (Å²) in [6.45, 7) is 5.00. The van der Waals surface area contributed by atoms with E-state index in [9.17, 15) is 5.26 Å². The minimum atomic E-state index is -0.206. The van der Waals surface area contributed by atoms with Gasteiger partial charge in [-0.2, -0.15) is 5.26 Å². The summed E-state index contributed by atoms with van der Waals surface area (Å²) in [5, 5.41) is 18.9. The molecule has 132 valence electrons. The van der Waals surface area contributed by atoms with E-state index in [4.69, 9.17) is 0 Å². The second-order valence-electron chi connectivity index (χ2n) is 6.12. The quantitative estimate of drug-likeness (QED) is 0.586. The largest absolute Gasteiger partial charge is 0.302 e. The van der Waals surface area contributed by atoms with Gasteiger partial charge in [0.25, 0.3) is 0 Å². The molecule has 0 aliphatic carbocycles. The molecule has 3 aromatic rings. The first-order chi connectivity index (χ1) is 12.7. The van der Waals surface area contributed by atoms with E-state index in [0.717, 1.165) is 35.1 Å². The molecule has 0 aliphatic heterocycles. The number of hydrogen-bond acceptors (Lipinski definition) is 5. The molecular weight excluding hydrogens is 342 g/mol. The normalized spacial score (nSPS) is 11.9. The zero-order valence-electron chi connectivity index (χ0n) is 15.0. The van der Waals surface area contributed by atoms with E-state index in [0.29, 0.717) is 6.42 Å². The summed E-state index contributed by atoms with van der Waals surface area (Å²) in [4.78, 5) is 4.06. The van der Waals surface area contributed by atoms with Crippen molar-refractivity contribution in [3.05, 3.63) is 59.9 Å². The Hall–Kier alpha value is -2.65. The molecule has 1 atom stereocenters. The Morgan fingerprint density at radius 2 is 1.85 bits per heavy atom. The number of aromatic nitrogens is 4. The maximum atomic E-state index is 9.61. The minimum absolute atomic E-state index is 0.206. The number of nitriles is 1. The van der Waals surface area contributed by atoms with Crippen LogP contribution in [0.1, 0.15) is 24.5 Å². The molecule has 6 heteroatoms. The van der Waals surface area contributed by atoms with Crippen LogP contribution in [0.5, 0.6) is 0 Å². The highest BCUT2D eigenvalue weighted by atomic mass is 32.2. The molecule has 2 heterocycles. The molecule has 0 fully saturated rings. The summed E-state index contributed by atoms with van der Waals surface area (Å²) in [6.07, 6.45) is 5.16. The van der Waals surface area contributed by atoms with Crippen molar-refractivity contribution in [2.24, 2.45) is 0 Å². The van der Waals surface area contributed by atoms with Crippen molar-refractivity contribution in [2.75, 3.05) is 0 Å². The van der Waals surface area contributed by atoms with Crippen LogP contribution in [0, 0.1) is 18.3 Å². The lowest BCUT2D eigenvalue weighted by molar-refractivity contribution is 0.625. The first-order valence-corrected chi connectivity index (χ1v) is 9.54. The molecule has 5 nitrogen and oxygen atoms in total. The fraction of sp³-hybridized carbons (Fsp3) is 0.300. The number of thioether (sulfide) groups is 1. The van der Waals surface area contributed by atoms with E-state index < -0.39 is 0 Å². The Labute approximate surface area is 158 Å². The van der Waals surface area contributed by atoms with Crippen molar-refractivity contribution in [3.8, 4) is 17.5 Å². The van der Waals surface area contributed by atoms with Gasteiger partial charge in [-0.15, -0.1) is 10.2 Å². The highest BCUT2D eigenvalue weighted by Gasteiger charge is 2.19. The topological polar surface area (TPSA) is 67.4 Å². The molecule has 26 heavy (non-hydrogen) atoms. The Balaban J connectivity index is 1.82. The van der Waals surface area contributed by atoms with Crippen LogP contribution >= 0.6 is 11.8 Å². The average molecular weight is 363 g/mol.